The Kier molecular flexibility index (Phi) is 4.10. The maximum Gasteiger partial charge on any atom is 0.0535 e. The smallest absolute Gasteiger partial charge is 0.0535 e. The predicted octanol–water partition coefficient (Wildman–Crippen LogP) is 3.41. The van der Waals surface area contributed by atoms with E-state index in [9.17, 15) is 0 Å². The molecule has 1 aromatic heterocycles. The Hall–Kier alpha value is -0.830. The van der Waals surface area contributed by atoms with Crippen molar-refractivity contribution in [2.75, 3.05) is 0 Å². The topological polar surface area (TPSA) is 40.7 Å². The summed E-state index contributed by atoms with van der Waals surface area (Å²) in [5, 5.41) is 10.9. The lowest BCUT2D eigenvalue weighted by atomic mass is 9.69. The first-order chi connectivity index (χ1) is 8.48. The quantitative estimate of drug-likeness (QED) is 0.862. The number of aromatic nitrogens is 2. The number of nitrogens with one attached hydrogen (secondary N) is 2. The van der Waals surface area contributed by atoms with Crippen LogP contribution in [0.3, 0.4) is 0 Å². The summed E-state index contributed by atoms with van der Waals surface area (Å²) in [4.78, 5) is 0. The molecule has 1 heterocycles. The number of H-pyrrole nitrogens is 1. The van der Waals surface area contributed by atoms with Crippen molar-refractivity contribution in [1.29, 1.82) is 0 Å². The van der Waals surface area contributed by atoms with Crippen LogP contribution in [0, 0.1) is 18.3 Å². The fourth-order valence-corrected chi connectivity index (χ4v) is 3.21. The molecule has 18 heavy (non-hydrogen) atoms. The largest absolute Gasteiger partial charge is 0.310 e. The average Bonchev–Trinajstić information content (AvgIpc) is 2.71. The molecule has 1 saturated carbocycles. The van der Waals surface area contributed by atoms with Crippen molar-refractivity contribution in [1.82, 2.24) is 15.5 Å². The highest BCUT2D eigenvalue weighted by Gasteiger charge is 2.33. The number of rotatable bonds is 3. The molecule has 0 amide bonds. The first-order valence-electron chi connectivity index (χ1n) is 7.20. The van der Waals surface area contributed by atoms with E-state index in [2.05, 4.69) is 43.2 Å². The molecule has 2 unspecified atom stereocenters. The summed E-state index contributed by atoms with van der Waals surface area (Å²) < 4.78 is 0. The van der Waals surface area contributed by atoms with E-state index >= 15 is 0 Å². The molecule has 3 heteroatoms. The monoisotopic (exact) mass is 249 g/mol. The van der Waals surface area contributed by atoms with Crippen molar-refractivity contribution in [3.63, 3.8) is 0 Å². The van der Waals surface area contributed by atoms with Gasteiger partial charge in [0.05, 0.1) is 6.20 Å². The molecule has 0 radical (unpaired) electrons. The van der Waals surface area contributed by atoms with Crippen molar-refractivity contribution in [2.24, 2.45) is 11.3 Å². The van der Waals surface area contributed by atoms with Gasteiger partial charge in [-0.1, -0.05) is 33.6 Å². The number of aromatic amines is 1. The molecule has 2 N–H and O–H groups in total. The van der Waals surface area contributed by atoms with Gasteiger partial charge >= 0.3 is 0 Å². The Bertz CT molecular complexity index is 375. The molecule has 0 bridgehead atoms. The first kappa shape index (κ1) is 13.6. The summed E-state index contributed by atoms with van der Waals surface area (Å²) in [7, 11) is 0. The van der Waals surface area contributed by atoms with E-state index in [1.807, 2.05) is 6.20 Å². The van der Waals surface area contributed by atoms with Gasteiger partial charge in [0.2, 0.25) is 0 Å². The second-order valence-corrected chi connectivity index (χ2v) is 6.76. The number of hydrogen-bond acceptors (Lipinski definition) is 2. The lowest BCUT2D eigenvalue weighted by molar-refractivity contribution is 0.130. The third-order valence-electron chi connectivity index (χ3n) is 4.37. The van der Waals surface area contributed by atoms with Gasteiger partial charge in [0.1, 0.15) is 0 Å². The molecule has 0 saturated heterocycles. The van der Waals surface area contributed by atoms with Crippen LogP contribution in [0.4, 0.5) is 0 Å². The molecule has 3 nitrogen and oxygen atoms in total. The maximum atomic E-state index is 4.09. The van der Waals surface area contributed by atoms with Gasteiger partial charge in [-0.05, 0) is 31.1 Å². The molecule has 0 aromatic carbocycles. The van der Waals surface area contributed by atoms with E-state index in [1.54, 1.807) is 0 Å². The van der Waals surface area contributed by atoms with Crippen LogP contribution in [0.2, 0.25) is 0 Å². The van der Waals surface area contributed by atoms with Crippen molar-refractivity contribution in [2.45, 2.75) is 66.0 Å². The minimum Gasteiger partial charge on any atom is -0.310 e. The third-order valence-corrected chi connectivity index (χ3v) is 4.37. The van der Waals surface area contributed by atoms with Crippen molar-refractivity contribution < 1.29 is 0 Å². The van der Waals surface area contributed by atoms with Gasteiger partial charge in [0, 0.05) is 23.8 Å². The molecule has 2 atom stereocenters. The average molecular weight is 249 g/mol. The maximum absolute atomic E-state index is 4.09. The second kappa shape index (κ2) is 5.43. The van der Waals surface area contributed by atoms with Gasteiger partial charge < -0.3 is 5.32 Å². The highest BCUT2D eigenvalue weighted by molar-refractivity contribution is 5.14. The lowest BCUT2D eigenvalue weighted by Crippen LogP contribution is -2.43. The van der Waals surface area contributed by atoms with Crippen molar-refractivity contribution in [3.05, 3.63) is 17.5 Å². The zero-order valence-corrected chi connectivity index (χ0v) is 12.2. The van der Waals surface area contributed by atoms with Crippen LogP contribution in [0.1, 0.15) is 57.7 Å². The van der Waals surface area contributed by atoms with Gasteiger partial charge in [-0.25, -0.2) is 0 Å². The summed E-state index contributed by atoms with van der Waals surface area (Å²) in [6.07, 6.45) is 7.39. The van der Waals surface area contributed by atoms with Gasteiger partial charge in [0.15, 0.2) is 0 Å². The van der Waals surface area contributed by atoms with Crippen LogP contribution in [0.25, 0.3) is 0 Å². The van der Waals surface area contributed by atoms with E-state index in [0.717, 1.165) is 12.5 Å². The summed E-state index contributed by atoms with van der Waals surface area (Å²) in [6.45, 7) is 10.2. The fraction of sp³-hybridized carbons (Fsp3) is 0.800. The predicted molar refractivity (Wildman–Crippen MR) is 75.4 cm³/mol. The first-order valence-corrected chi connectivity index (χ1v) is 7.20. The summed E-state index contributed by atoms with van der Waals surface area (Å²) >= 11 is 0. The van der Waals surface area contributed by atoms with E-state index in [1.165, 1.54) is 36.9 Å². The summed E-state index contributed by atoms with van der Waals surface area (Å²) in [5.41, 5.74) is 2.89. The fourth-order valence-electron chi connectivity index (χ4n) is 3.21. The van der Waals surface area contributed by atoms with Gasteiger partial charge in [-0.2, -0.15) is 5.10 Å². The Morgan fingerprint density at radius 3 is 2.67 bits per heavy atom. The zero-order valence-electron chi connectivity index (χ0n) is 12.2. The van der Waals surface area contributed by atoms with Crippen LogP contribution < -0.4 is 5.32 Å². The molecular formula is C15H27N3. The Balaban J connectivity index is 1.96. The number of aryl methyl sites for hydroxylation is 1. The molecule has 1 aliphatic carbocycles. The number of nitrogens with zero attached hydrogens (tertiary/aromatic N) is 1. The van der Waals surface area contributed by atoms with E-state index in [4.69, 9.17) is 0 Å². The minimum atomic E-state index is 0.406. The lowest BCUT2D eigenvalue weighted by Gasteiger charge is -2.41. The highest BCUT2D eigenvalue weighted by atomic mass is 15.1. The second-order valence-electron chi connectivity index (χ2n) is 6.76. The van der Waals surface area contributed by atoms with Crippen LogP contribution in [0.15, 0.2) is 6.20 Å². The highest BCUT2D eigenvalue weighted by Crippen LogP contribution is 2.38. The van der Waals surface area contributed by atoms with Gasteiger partial charge in [-0.15, -0.1) is 0 Å². The Labute approximate surface area is 111 Å². The van der Waals surface area contributed by atoms with Crippen LogP contribution in [-0.2, 0) is 6.54 Å². The van der Waals surface area contributed by atoms with Crippen LogP contribution in [0.5, 0.6) is 0 Å². The van der Waals surface area contributed by atoms with E-state index in [-0.39, 0.29) is 0 Å². The molecule has 1 aliphatic rings. The molecule has 102 valence electrons. The SMILES string of the molecule is Cc1[nH]ncc1CNC1CCCCC1C(C)(C)C. The van der Waals surface area contributed by atoms with Gasteiger partial charge in [-0.3, -0.25) is 5.10 Å². The molecule has 1 aromatic rings. The van der Waals surface area contributed by atoms with E-state index in [0.29, 0.717) is 11.5 Å². The van der Waals surface area contributed by atoms with Crippen molar-refractivity contribution >= 4 is 0 Å². The Morgan fingerprint density at radius 2 is 2.06 bits per heavy atom. The van der Waals surface area contributed by atoms with E-state index < -0.39 is 0 Å². The van der Waals surface area contributed by atoms with Crippen molar-refractivity contribution in [3.8, 4) is 0 Å². The number of hydrogen-bond donors (Lipinski definition) is 2. The molecule has 0 aliphatic heterocycles. The zero-order chi connectivity index (χ0) is 13.2. The van der Waals surface area contributed by atoms with Crippen LogP contribution >= 0.6 is 0 Å². The molecule has 1 fully saturated rings. The molecule has 2 rings (SSSR count). The third kappa shape index (κ3) is 3.14. The molecular weight excluding hydrogens is 222 g/mol. The standard InChI is InChI=1S/C15H27N3/c1-11-12(10-17-18-11)9-16-14-8-6-5-7-13(14)15(2,3)4/h10,13-14,16H,5-9H2,1-4H3,(H,17,18). The van der Waals surface area contributed by atoms with Gasteiger partial charge in [0.25, 0.3) is 0 Å². The summed E-state index contributed by atoms with van der Waals surface area (Å²) in [6, 6.07) is 0.660. The van der Waals surface area contributed by atoms with Crippen LogP contribution in [-0.4, -0.2) is 16.2 Å². The molecule has 0 spiro atoms. The summed E-state index contributed by atoms with van der Waals surface area (Å²) in [5.74, 6) is 0.790. The Morgan fingerprint density at radius 1 is 1.33 bits per heavy atom. The normalized spacial score (nSPS) is 25.3. The minimum absolute atomic E-state index is 0.406.